The monoisotopic (exact) mass is 263 g/mol. The van der Waals surface area contributed by atoms with Gasteiger partial charge in [0.2, 0.25) is 5.88 Å². The van der Waals surface area contributed by atoms with Gasteiger partial charge in [-0.2, -0.15) is 0 Å². The maximum absolute atomic E-state index is 6.03. The zero-order valence-corrected chi connectivity index (χ0v) is 11.0. The van der Waals surface area contributed by atoms with E-state index in [9.17, 15) is 0 Å². The molecule has 2 heterocycles. The van der Waals surface area contributed by atoms with E-state index < -0.39 is 0 Å². The number of aromatic nitrogens is 2. The van der Waals surface area contributed by atoms with Crippen molar-refractivity contribution in [2.24, 2.45) is 0 Å². The van der Waals surface area contributed by atoms with Gasteiger partial charge < -0.3 is 10.1 Å². The van der Waals surface area contributed by atoms with Crippen LogP contribution in [-0.2, 0) is 6.54 Å². The predicted molar refractivity (Wildman–Crippen MR) is 72.1 cm³/mol. The first-order chi connectivity index (χ1) is 8.70. The first-order valence-corrected chi connectivity index (χ1v) is 5.92. The van der Waals surface area contributed by atoms with Crippen molar-refractivity contribution in [3.8, 4) is 5.88 Å². The first kappa shape index (κ1) is 12.6. The minimum atomic E-state index is 0.483. The van der Waals surface area contributed by atoms with E-state index in [1.165, 1.54) is 0 Å². The maximum atomic E-state index is 6.03. The van der Waals surface area contributed by atoms with Crippen LogP contribution < -0.4 is 10.1 Å². The third-order valence-corrected chi connectivity index (χ3v) is 2.88. The van der Waals surface area contributed by atoms with E-state index in [0.29, 0.717) is 17.6 Å². The number of anilines is 1. The van der Waals surface area contributed by atoms with E-state index in [1.54, 1.807) is 19.5 Å². The number of hydrogen-bond donors (Lipinski definition) is 1. The molecule has 4 nitrogen and oxygen atoms in total. The van der Waals surface area contributed by atoms with E-state index in [-0.39, 0.29) is 0 Å². The summed E-state index contributed by atoms with van der Waals surface area (Å²) in [4.78, 5) is 8.19. The van der Waals surface area contributed by atoms with E-state index in [0.717, 1.165) is 16.8 Å². The lowest BCUT2D eigenvalue weighted by molar-refractivity contribution is 0.397. The quantitative estimate of drug-likeness (QED) is 0.862. The fourth-order valence-electron chi connectivity index (χ4n) is 1.56. The molecule has 2 aromatic heterocycles. The Bertz CT molecular complexity index is 508. The standard InChI is InChI=1S/C13H14ClN3O/c1-9-5-6-15-13(14)12(9)17-8-10-3-4-11(18-2)16-7-10/h3-7,17H,8H2,1-2H3. The fraction of sp³-hybridized carbons (Fsp3) is 0.231. The molecule has 0 aliphatic rings. The zero-order chi connectivity index (χ0) is 13.0. The Morgan fingerprint density at radius 3 is 2.72 bits per heavy atom. The molecule has 94 valence electrons. The topological polar surface area (TPSA) is 47.0 Å². The molecule has 0 fully saturated rings. The molecule has 1 N–H and O–H groups in total. The SMILES string of the molecule is COc1ccc(CNc2c(C)ccnc2Cl)cn1. The molecule has 5 heteroatoms. The highest BCUT2D eigenvalue weighted by Gasteiger charge is 2.04. The Morgan fingerprint density at radius 2 is 2.11 bits per heavy atom. The number of nitrogens with zero attached hydrogens (tertiary/aromatic N) is 2. The highest BCUT2D eigenvalue weighted by atomic mass is 35.5. The summed E-state index contributed by atoms with van der Waals surface area (Å²) in [6.45, 7) is 2.63. The van der Waals surface area contributed by atoms with Crippen molar-refractivity contribution in [1.82, 2.24) is 9.97 Å². The summed E-state index contributed by atoms with van der Waals surface area (Å²) in [5.41, 5.74) is 2.97. The lowest BCUT2D eigenvalue weighted by Gasteiger charge is -2.10. The number of hydrogen-bond acceptors (Lipinski definition) is 4. The van der Waals surface area contributed by atoms with Crippen LogP contribution in [0, 0.1) is 6.92 Å². The summed E-state index contributed by atoms with van der Waals surface area (Å²) >= 11 is 6.03. The molecular weight excluding hydrogens is 250 g/mol. The molecule has 0 bridgehead atoms. The van der Waals surface area contributed by atoms with Gasteiger partial charge in [0.1, 0.15) is 0 Å². The zero-order valence-electron chi connectivity index (χ0n) is 10.3. The van der Waals surface area contributed by atoms with Crippen molar-refractivity contribution in [3.05, 3.63) is 46.9 Å². The molecule has 0 saturated heterocycles. The van der Waals surface area contributed by atoms with Gasteiger partial charge in [0, 0.05) is 25.0 Å². The molecule has 0 radical (unpaired) electrons. The Balaban J connectivity index is 2.06. The summed E-state index contributed by atoms with van der Waals surface area (Å²) in [6, 6.07) is 5.70. The lowest BCUT2D eigenvalue weighted by Crippen LogP contribution is -2.03. The van der Waals surface area contributed by atoms with Crippen molar-refractivity contribution in [2.45, 2.75) is 13.5 Å². The Labute approximate surface area is 111 Å². The highest BCUT2D eigenvalue weighted by Crippen LogP contribution is 2.23. The van der Waals surface area contributed by atoms with E-state index in [1.807, 2.05) is 25.1 Å². The molecule has 2 rings (SSSR count). The van der Waals surface area contributed by atoms with Crippen LogP contribution in [0.4, 0.5) is 5.69 Å². The normalized spacial score (nSPS) is 10.2. The Morgan fingerprint density at radius 1 is 1.28 bits per heavy atom. The molecule has 0 aliphatic carbocycles. The molecule has 0 aliphatic heterocycles. The van der Waals surface area contributed by atoms with Gasteiger partial charge in [-0.25, -0.2) is 9.97 Å². The smallest absolute Gasteiger partial charge is 0.212 e. The average molecular weight is 264 g/mol. The van der Waals surface area contributed by atoms with Gasteiger partial charge in [0.05, 0.1) is 12.8 Å². The van der Waals surface area contributed by atoms with Gasteiger partial charge in [-0.05, 0) is 24.1 Å². The fourth-order valence-corrected chi connectivity index (χ4v) is 1.84. The molecule has 0 unspecified atom stereocenters. The van der Waals surface area contributed by atoms with Crippen LogP contribution in [-0.4, -0.2) is 17.1 Å². The minimum Gasteiger partial charge on any atom is -0.481 e. The maximum Gasteiger partial charge on any atom is 0.212 e. The van der Waals surface area contributed by atoms with E-state index in [2.05, 4.69) is 15.3 Å². The number of nitrogens with one attached hydrogen (secondary N) is 1. The first-order valence-electron chi connectivity index (χ1n) is 5.54. The second kappa shape index (κ2) is 5.69. The second-order valence-corrected chi connectivity index (χ2v) is 4.21. The summed E-state index contributed by atoms with van der Waals surface area (Å²) in [7, 11) is 1.60. The van der Waals surface area contributed by atoms with Crippen molar-refractivity contribution in [2.75, 3.05) is 12.4 Å². The molecule has 0 amide bonds. The van der Waals surface area contributed by atoms with Crippen LogP contribution in [0.2, 0.25) is 5.15 Å². The molecule has 0 aromatic carbocycles. The summed E-state index contributed by atoms with van der Waals surface area (Å²) in [5.74, 6) is 0.606. The highest BCUT2D eigenvalue weighted by molar-refractivity contribution is 6.32. The van der Waals surface area contributed by atoms with Crippen LogP contribution in [0.25, 0.3) is 0 Å². The third kappa shape index (κ3) is 2.90. The van der Waals surface area contributed by atoms with Gasteiger partial charge in [-0.15, -0.1) is 0 Å². The minimum absolute atomic E-state index is 0.483. The molecule has 0 saturated carbocycles. The second-order valence-electron chi connectivity index (χ2n) is 3.86. The van der Waals surface area contributed by atoms with Crippen LogP contribution in [0.5, 0.6) is 5.88 Å². The largest absolute Gasteiger partial charge is 0.481 e. The van der Waals surface area contributed by atoms with Crippen molar-refractivity contribution < 1.29 is 4.74 Å². The van der Waals surface area contributed by atoms with Gasteiger partial charge in [0.25, 0.3) is 0 Å². The third-order valence-electron chi connectivity index (χ3n) is 2.59. The van der Waals surface area contributed by atoms with Crippen molar-refractivity contribution in [3.63, 3.8) is 0 Å². The van der Waals surface area contributed by atoms with Crippen LogP contribution in [0.1, 0.15) is 11.1 Å². The number of ether oxygens (including phenoxy) is 1. The summed E-state index contributed by atoms with van der Waals surface area (Å²) < 4.78 is 5.01. The van der Waals surface area contributed by atoms with Gasteiger partial charge in [-0.1, -0.05) is 17.7 Å². The number of halogens is 1. The molecule has 2 aromatic rings. The average Bonchev–Trinajstić information content (AvgIpc) is 2.39. The lowest BCUT2D eigenvalue weighted by atomic mass is 10.2. The van der Waals surface area contributed by atoms with Crippen LogP contribution in [0.15, 0.2) is 30.6 Å². The van der Waals surface area contributed by atoms with Gasteiger partial charge in [-0.3, -0.25) is 0 Å². The Kier molecular flexibility index (Phi) is 3.99. The van der Waals surface area contributed by atoms with E-state index >= 15 is 0 Å². The summed E-state index contributed by atoms with van der Waals surface area (Å²) in [6.07, 6.45) is 3.46. The van der Waals surface area contributed by atoms with Crippen molar-refractivity contribution >= 4 is 17.3 Å². The molecule has 0 atom stereocenters. The van der Waals surface area contributed by atoms with Crippen LogP contribution >= 0.6 is 11.6 Å². The Hall–Kier alpha value is -1.81. The molecule has 0 spiro atoms. The molecular formula is C13H14ClN3O. The van der Waals surface area contributed by atoms with Crippen molar-refractivity contribution in [1.29, 1.82) is 0 Å². The van der Waals surface area contributed by atoms with E-state index in [4.69, 9.17) is 16.3 Å². The van der Waals surface area contributed by atoms with Gasteiger partial charge >= 0.3 is 0 Å². The van der Waals surface area contributed by atoms with Gasteiger partial charge in [0.15, 0.2) is 5.15 Å². The number of pyridine rings is 2. The predicted octanol–water partition coefficient (Wildman–Crippen LogP) is 3.06. The number of methoxy groups -OCH3 is 1. The molecule has 18 heavy (non-hydrogen) atoms. The summed E-state index contributed by atoms with van der Waals surface area (Å²) in [5, 5.41) is 3.74. The number of aryl methyl sites for hydroxylation is 1. The number of rotatable bonds is 4. The van der Waals surface area contributed by atoms with Crippen LogP contribution in [0.3, 0.4) is 0 Å².